The van der Waals surface area contributed by atoms with Crippen LogP contribution >= 0.6 is 0 Å². The van der Waals surface area contributed by atoms with Crippen molar-refractivity contribution in [3.8, 4) is 5.75 Å². The van der Waals surface area contributed by atoms with Gasteiger partial charge in [0, 0.05) is 12.1 Å². The Bertz CT molecular complexity index is 1060. The molecule has 0 bridgehead atoms. The molecule has 0 atom stereocenters. The van der Waals surface area contributed by atoms with Gasteiger partial charge in [0.15, 0.2) is 0 Å². The van der Waals surface area contributed by atoms with E-state index in [0.717, 1.165) is 50.0 Å². The Hall–Kier alpha value is -3.15. The highest BCUT2D eigenvalue weighted by molar-refractivity contribution is 6.21. The van der Waals surface area contributed by atoms with Gasteiger partial charge in [0.05, 0.1) is 30.3 Å². The average molecular weight is 447 g/mol. The first-order valence-electron chi connectivity index (χ1n) is 11.9. The smallest absolute Gasteiger partial charge is 0.261 e. The van der Waals surface area contributed by atoms with E-state index in [9.17, 15) is 14.4 Å². The summed E-state index contributed by atoms with van der Waals surface area (Å²) >= 11 is 0. The zero-order chi connectivity index (χ0) is 23.1. The second-order valence-electron chi connectivity index (χ2n) is 9.63. The van der Waals surface area contributed by atoms with Crippen LogP contribution in [0.2, 0.25) is 0 Å². The van der Waals surface area contributed by atoms with Crippen LogP contribution in [0, 0.1) is 5.92 Å². The van der Waals surface area contributed by atoms with Gasteiger partial charge in [0.1, 0.15) is 5.75 Å². The molecule has 3 amide bonds. The monoisotopic (exact) mass is 446 g/mol. The predicted molar refractivity (Wildman–Crippen MR) is 124 cm³/mol. The molecule has 172 valence electrons. The third-order valence-electron chi connectivity index (χ3n) is 7.27. The Morgan fingerprint density at radius 1 is 0.939 bits per heavy atom. The van der Waals surface area contributed by atoms with Crippen molar-refractivity contribution < 1.29 is 19.1 Å². The molecule has 2 fully saturated rings. The van der Waals surface area contributed by atoms with E-state index < -0.39 is 0 Å². The molecule has 1 heterocycles. The molecule has 2 saturated carbocycles. The SMILES string of the molecule is COc1ccc(CN2C(=O)c3ccccc3C2=O)cc1C(=O)N(C1CCC(C)CC1)C1CC1. The third kappa shape index (κ3) is 4.03. The molecular weight excluding hydrogens is 416 g/mol. The topological polar surface area (TPSA) is 66.9 Å². The lowest BCUT2D eigenvalue weighted by atomic mass is 9.86. The average Bonchev–Trinajstić information content (AvgIpc) is 3.64. The van der Waals surface area contributed by atoms with E-state index in [2.05, 4.69) is 11.8 Å². The van der Waals surface area contributed by atoms with Crippen LogP contribution in [0.5, 0.6) is 5.75 Å². The summed E-state index contributed by atoms with van der Waals surface area (Å²) in [4.78, 5) is 42.7. The molecule has 0 saturated heterocycles. The zero-order valence-corrected chi connectivity index (χ0v) is 19.3. The maximum absolute atomic E-state index is 13.8. The highest BCUT2D eigenvalue weighted by atomic mass is 16.5. The molecule has 6 nitrogen and oxygen atoms in total. The highest BCUT2D eigenvalue weighted by Crippen LogP contribution is 2.37. The van der Waals surface area contributed by atoms with Crippen LogP contribution in [0.4, 0.5) is 0 Å². The lowest BCUT2D eigenvalue weighted by molar-refractivity contribution is 0.0589. The molecule has 6 heteroatoms. The first-order valence-corrected chi connectivity index (χ1v) is 11.9. The second-order valence-corrected chi connectivity index (χ2v) is 9.63. The Morgan fingerprint density at radius 3 is 2.06 bits per heavy atom. The van der Waals surface area contributed by atoms with E-state index in [1.54, 1.807) is 43.5 Å². The van der Waals surface area contributed by atoms with E-state index in [0.29, 0.717) is 28.5 Å². The normalized spacial score (nSPS) is 22.3. The molecule has 3 aliphatic rings. The van der Waals surface area contributed by atoms with Crippen molar-refractivity contribution in [2.24, 2.45) is 5.92 Å². The van der Waals surface area contributed by atoms with Crippen molar-refractivity contribution >= 4 is 17.7 Å². The number of rotatable bonds is 6. The lowest BCUT2D eigenvalue weighted by Gasteiger charge is -2.36. The number of hydrogen-bond acceptors (Lipinski definition) is 4. The molecule has 0 radical (unpaired) electrons. The summed E-state index contributed by atoms with van der Waals surface area (Å²) in [6, 6.07) is 12.8. The molecule has 2 aromatic carbocycles. The van der Waals surface area contributed by atoms with Gasteiger partial charge in [-0.3, -0.25) is 19.3 Å². The molecule has 0 N–H and O–H groups in total. The van der Waals surface area contributed by atoms with Gasteiger partial charge >= 0.3 is 0 Å². The molecule has 0 unspecified atom stereocenters. The van der Waals surface area contributed by atoms with E-state index >= 15 is 0 Å². The van der Waals surface area contributed by atoms with Gasteiger partial charge in [-0.25, -0.2) is 0 Å². The van der Waals surface area contributed by atoms with Crippen LogP contribution in [0.15, 0.2) is 42.5 Å². The Balaban J connectivity index is 1.41. The third-order valence-corrected chi connectivity index (χ3v) is 7.27. The molecule has 2 aliphatic carbocycles. The van der Waals surface area contributed by atoms with E-state index in [4.69, 9.17) is 4.74 Å². The Labute approximate surface area is 194 Å². The number of ether oxygens (including phenoxy) is 1. The summed E-state index contributed by atoms with van der Waals surface area (Å²) in [5, 5.41) is 0. The molecule has 5 rings (SSSR count). The first-order chi connectivity index (χ1) is 16.0. The number of amides is 3. The van der Waals surface area contributed by atoms with Crippen LogP contribution in [0.3, 0.4) is 0 Å². The van der Waals surface area contributed by atoms with Crippen LogP contribution in [-0.2, 0) is 6.54 Å². The molecular formula is C27H30N2O4. The molecule has 1 aliphatic heterocycles. The summed E-state index contributed by atoms with van der Waals surface area (Å²) in [5.74, 6) is 0.652. The predicted octanol–water partition coefficient (Wildman–Crippen LogP) is 4.67. The summed E-state index contributed by atoms with van der Waals surface area (Å²) in [7, 11) is 1.57. The maximum Gasteiger partial charge on any atom is 0.261 e. The van der Waals surface area contributed by atoms with Gasteiger partial charge < -0.3 is 9.64 Å². The van der Waals surface area contributed by atoms with Crippen LogP contribution in [0.25, 0.3) is 0 Å². The Kier molecular flexibility index (Phi) is 5.69. The standard InChI is InChI=1S/C27H30N2O4/c1-17-7-10-19(11-8-17)29(20-12-13-20)27(32)23-15-18(9-14-24(23)33-2)16-28-25(30)21-5-3-4-6-22(21)26(28)31/h3-6,9,14-15,17,19-20H,7-8,10-13,16H2,1-2H3. The minimum absolute atomic E-state index is 0.00175. The highest BCUT2D eigenvalue weighted by Gasteiger charge is 2.40. The summed E-state index contributed by atoms with van der Waals surface area (Å²) in [6.45, 7) is 2.41. The van der Waals surface area contributed by atoms with Gasteiger partial charge in [0.25, 0.3) is 17.7 Å². The number of hydrogen-bond donors (Lipinski definition) is 0. The summed E-state index contributed by atoms with van der Waals surface area (Å²) < 4.78 is 5.54. The number of benzene rings is 2. The van der Waals surface area contributed by atoms with Crippen molar-refractivity contribution in [1.29, 1.82) is 0 Å². The summed E-state index contributed by atoms with van der Waals surface area (Å²) in [5.41, 5.74) is 2.11. The number of imide groups is 1. The maximum atomic E-state index is 13.8. The number of methoxy groups -OCH3 is 1. The quantitative estimate of drug-likeness (QED) is 0.605. The second kappa shape index (κ2) is 8.65. The van der Waals surface area contributed by atoms with Gasteiger partial charge in [0.2, 0.25) is 0 Å². The fourth-order valence-corrected chi connectivity index (χ4v) is 5.23. The molecule has 33 heavy (non-hydrogen) atoms. The largest absolute Gasteiger partial charge is 0.496 e. The zero-order valence-electron chi connectivity index (χ0n) is 19.3. The number of carbonyl (C=O) groups is 3. The van der Waals surface area contributed by atoms with E-state index in [-0.39, 0.29) is 30.3 Å². The van der Waals surface area contributed by atoms with Gasteiger partial charge in [-0.15, -0.1) is 0 Å². The minimum Gasteiger partial charge on any atom is -0.496 e. The molecule has 0 spiro atoms. The van der Waals surface area contributed by atoms with Crippen LogP contribution < -0.4 is 4.74 Å². The first kappa shape index (κ1) is 21.7. The summed E-state index contributed by atoms with van der Waals surface area (Å²) in [6.07, 6.45) is 6.49. The fourth-order valence-electron chi connectivity index (χ4n) is 5.23. The number of nitrogens with zero attached hydrogens (tertiary/aromatic N) is 2. The van der Waals surface area contributed by atoms with Crippen LogP contribution in [0.1, 0.15) is 82.1 Å². The van der Waals surface area contributed by atoms with Crippen molar-refractivity contribution in [2.75, 3.05) is 7.11 Å². The molecule has 0 aromatic heterocycles. The van der Waals surface area contributed by atoms with Crippen molar-refractivity contribution in [1.82, 2.24) is 9.80 Å². The lowest BCUT2D eigenvalue weighted by Crippen LogP contribution is -2.44. The number of fused-ring (bicyclic) bond motifs is 1. The van der Waals surface area contributed by atoms with Gasteiger partial charge in [-0.05, 0) is 74.3 Å². The minimum atomic E-state index is -0.296. The van der Waals surface area contributed by atoms with Crippen LogP contribution in [-0.4, -0.2) is 46.7 Å². The van der Waals surface area contributed by atoms with Crippen molar-refractivity contribution in [3.63, 3.8) is 0 Å². The van der Waals surface area contributed by atoms with Crippen molar-refractivity contribution in [3.05, 3.63) is 64.7 Å². The Morgan fingerprint density at radius 2 is 1.52 bits per heavy atom. The number of carbonyl (C=O) groups excluding carboxylic acids is 3. The van der Waals surface area contributed by atoms with E-state index in [1.165, 1.54) is 4.90 Å². The fraction of sp³-hybridized carbons (Fsp3) is 0.444. The van der Waals surface area contributed by atoms with Crippen molar-refractivity contribution in [2.45, 2.75) is 64.1 Å². The van der Waals surface area contributed by atoms with E-state index in [1.807, 2.05) is 6.07 Å². The van der Waals surface area contributed by atoms with Gasteiger partial charge in [-0.1, -0.05) is 25.1 Å². The van der Waals surface area contributed by atoms with Gasteiger partial charge in [-0.2, -0.15) is 0 Å². The molecule has 2 aromatic rings.